The molecule has 94 valence electrons. The summed E-state index contributed by atoms with van der Waals surface area (Å²) in [5, 5.41) is 9.06. The Kier molecular flexibility index (Phi) is 5.49. The van der Waals surface area contributed by atoms with Gasteiger partial charge in [-0.15, -0.1) is 0 Å². The SMILES string of the molecule is COC(=O)COc1c(I)cc(CO)cc1OC. The van der Waals surface area contributed by atoms with Crippen LogP contribution in [0.4, 0.5) is 0 Å². The first-order valence-electron chi connectivity index (χ1n) is 4.79. The maximum atomic E-state index is 11.0. The Morgan fingerprint density at radius 3 is 2.65 bits per heavy atom. The zero-order valence-corrected chi connectivity index (χ0v) is 11.7. The first kappa shape index (κ1) is 14.0. The topological polar surface area (TPSA) is 65.0 Å². The van der Waals surface area contributed by atoms with Gasteiger partial charge in [-0.3, -0.25) is 0 Å². The number of aliphatic hydroxyl groups is 1. The average molecular weight is 352 g/mol. The summed E-state index contributed by atoms with van der Waals surface area (Å²) in [5.74, 6) is 0.481. The third-order valence-corrected chi connectivity index (χ3v) is 2.84. The van der Waals surface area contributed by atoms with Crippen molar-refractivity contribution >= 4 is 28.6 Å². The van der Waals surface area contributed by atoms with Crippen molar-refractivity contribution in [3.05, 3.63) is 21.3 Å². The summed E-state index contributed by atoms with van der Waals surface area (Å²) in [6.07, 6.45) is 0. The molecule has 0 saturated heterocycles. The fourth-order valence-electron chi connectivity index (χ4n) is 1.19. The molecule has 6 heteroatoms. The molecule has 1 aromatic rings. The molecule has 0 aliphatic heterocycles. The van der Waals surface area contributed by atoms with Crippen LogP contribution in [0.1, 0.15) is 5.56 Å². The second-order valence-corrected chi connectivity index (χ2v) is 4.29. The van der Waals surface area contributed by atoms with Crippen LogP contribution in [0.25, 0.3) is 0 Å². The van der Waals surface area contributed by atoms with Crippen LogP contribution in [0.3, 0.4) is 0 Å². The number of carbonyl (C=O) groups excluding carboxylic acids is 1. The number of hydrogen-bond acceptors (Lipinski definition) is 5. The summed E-state index contributed by atoms with van der Waals surface area (Å²) < 4.78 is 15.7. The minimum atomic E-state index is -0.464. The van der Waals surface area contributed by atoms with E-state index in [2.05, 4.69) is 4.74 Å². The van der Waals surface area contributed by atoms with Crippen LogP contribution in [-0.4, -0.2) is 31.9 Å². The summed E-state index contributed by atoms with van der Waals surface area (Å²) in [5.41, 5.74) is 0.719. The molecule has 0 fully saturated rings. The van der Waals surface area contributed by atoms with Gasteiger partial charge in [-0.25, -0.2) is 4.79 Å². The number of ether oxygens (including phenoxy) is 3. The molecule has 0 aliphatic rings. The smallest absolute Gasteiger partial charge is 0.343 e. The van der Waals surface area contributed by atoms with Gasteiger partial charge >= 0.3 is 5.97 Å². The van der Waals surface area contributed by atoms with Crippen molar-refractivity contribution in [2.24, 2.45) is 0 Å². The fraction of sp³-hybridized carbons (Fsp3) is 0.364. The van der Waals surface area contributed by atoms with Gasteiger partial charge in [0.2, 0.25) is 0 Å². The maximum Gasteiger partial charge on any atom is 0.343 e. The van der Waals surface area contributed by atoms with Crippen LogP contribution >= 0.6 is 22.6 Å². The normalized spacial score (nSPS) is 9.88. The van der Waals surface area contributed by atoms with Crippen molar-refractivity contribution in [1.82, 2.24) is 0 Å². The largest absolute Gasteiger partial charge is 0.493 e. The zero-order chi connectivity index (χ0) is 12.8. The van der Waals surface area contributed by atoms with Gasteiger partial charge in [-0.2, -0.15) is 0 Å². The Bertz CT molecular complexity index is 405. The number of halogens is 1. The summed E-state index contributed by atoms with van der Waals surface area (Å²) in [6, 6.07) is 3.42. The quantitative estimate of drug-likeness (QED) is 0.640. The molecule has 1 aromatic carbocycles. The van der Waals surface area contributed by atoms with Gasteiger partial charge in [-0.05, 0) is 40.3 Å². The van der Waals surface area contributed by atoms with Gasteiger partial charge in [0.1, 0.15) is 0 Å². The molecule has 17 heavy (non-hydrogen) atoms. The molecule has 0 heterocycles. The number of esters is 1. The fourth-order valence-corrected chi connectivity index (χ4v) is 2.02. The average Bonchev–Trinajstić information content (AvgIpc) is 2.35. The Labute approximate surface area is 113 Å². The monoisotopic (exact) mass is 352 g/mol. The molecule has 5 nitrogen and oxygen atoms in total. The van der Waals surface area contributed by atoms with E-state index in [0.29, 0.717) is 11.5 Å². The van der Waals surface area contributed by atoms with E-state index in [-0.39, 0.29) is 13.2 Å². The predicted molar refractivity (Wildman–Crippen MR) is 69.1 cm³/mol. The van der Waals surface area contributed by atoms with E-state index in [9.17, 15) is 4.79 Å². The van der Waals surface area contributed by atoms with Gasteiger partial charge in [0.25, 0.3) is 0 Å². The molecule has 0 saturated carbocycles. The first-order chi connectivity index (χ1) is 8.12. The summed E-state index contributed by atoms with van der Waals surface area (Å²) in [6.45, 7) is -0.259. The van der Waals surface area contributed by atoms with Crippen LogP contribution in [0.15, 0.2) is 12.1 Å². The molecule has 0 radical (unpaired) electrons. The van der Waals surface area contributed by atoms with Crippen molar-refractivity contribution in [1.29, 1.82) is 0 Å². The van der Waals surface area contributed by atoms with Crippen molar-refractivity contribution < 1.29 is 24.1 Å². The van der Waals surface area contributed by atoms with Gasteiger partial charge in [-0.1, -0.05) is 0 Å². The zero-order valence-electron chi connectivity index (χ0n) is 9.53. The van der Waals surface area contributed by atoms with E-state index < -0.39 is 5.97 Å². The molecular formula is C11H13IO5. The van der Waals surface area contributed by atoms with Crippen LogP contribution in [-0.2, 0) is 16.1 Å². The lowest BCUT2D eigenvalue weighted by Crippen LogP contribution is -2.13. The molecule has 0 atom stereocenters. The number of aliphatic hydroxyl groups excluding tert-OH is 1. The molecule has 1 rings (SSSR count). The second kappa shape index (κ2) is 6.65. The third-order valence-electron chi connectivity index (χ3n) is 2.03. The molecule has 0 bridgehead atoms. The molecular weight excluding hydrogens is 339 g/mol. The van der Waals surface area contributed by atoms with Crippen molar-refractivity contribution in [3.63, 3.8) is 0 Å². The number of rotatable bonds is 5. The van der Waals surface area contributed by atoms with E-state index in [4.69, 9.17) is 14.6 Å². The lowest BCUT2D eigenvalue weighted by molar-refractivity contribution is -0.142. The lowest BCUT2D eigenvalue weighted by Gasteiger charge is -2.13. The van der Waals surface area contributed by atoms with E-state index >= 15 is 0 Å². The Hall–Kier alpha value is -1.02. The van der Waals surface area contributed by atoms with Gasteiger partial charge in [0, 0.05) is 0 Å². The van der Waals surface area contributed by atoms with Crippen molar-refractivity contribution in [2.45, 2.75) is 6.61 Å². The van der Waals surface area contributed by atoms with Crippen molar-refractivity contribution in [3.8, 4) is 11.5 Å². The number of methoxy groups -OCH3 is 2. The van der Waals surface area contributed by atoms with Crippen LogP contribution in [0, 0.1) is 3.57 Å². The highest BCUT2D eigenvalue weighted by Gasteiger charge is 2.13. The lowest BCUT2D eigenvalue weighted by atomic mass is 10.2. The summed E-state index contributed by atoms with van der Waals surface area (Å²) in [4.78, 5) is 11.0. The van der Waals surface area contributed by atoms with Gasteiger partial charge in [0.05, 0.1) is 24.4 Å². The Balaban J connectivity index is 2.93. The maximum absolute atomic E-state index is 11.0. The number of hydrogen-bond donors (Lipinski definition) is 1. The van der Waals surface area contributed by atoms with E-state index in [1.165, 1.54) is 14.2 Å². The Morgan fingerprint density at radius 1 is 1.41 bits per heavy atom. The Morgan fingerprint density at radius 2 is 2.12 bits per heavy atom. The third kappa shape index (κ3) is 3.74. The molecule has 0 spiro atoms. The minimum absolute atomic E-state index is 0.0797. The molecule has 1 N–H and O–H groups in total. The highest BCUT2D eigenvalue weighted by molar-refractivity contribution is 14.1. The molecule has 0 aromatic heterocycles. The minimum Gasteiger partial charge on any atom is -0.493 e. The summed E-state index contributed by atoms with van der Waals surface area (Å²) in [7, 11) is 2.79. The summed E-state index contributed by atoms with van der Waals surface area (Å²) >= 11 is 2.05. The predicted octanol–water partition coefficient (Wildman–Crippen LogP) is 1.34. The standard InChI is InChI=1S/C11H13IO5/c1-15-9-4-7(5-13)3-8(12)11(9)17-6-10(14)16-2/h3-4,13H,5-6H2,1-2H3. The van der Waals surface area contributed by atoms with Gasteiger partial charge in [0.15, 0.2) is 18.1 Å². The molecule has 0 amide bonds. The first-order valence-corrected chi connectivity index (χ1v) is 5.87. The second-order valence-electron chi connectivity index (χ2n) is 3.13. The number of carbonyl (C=O) groups is 1. The van der Waals surface area contributed by atoms with Gasteiger partial charge < -0.3 is 19.3 Å². The van der Waals surface area contributed by atoms with E-state index in [0.717, 1.165) is 9.13 Å². The molecule has 0 unspecified atom stereocenters. The van der Waals surface area contributed by atoms with Crippen LogP contribution in [0.2, 0.25) is 0 Å². The molecule has 0 aliphatic carbocycles. The number of benzene rings is 1. The van der Waals surface area contributed by atoms with E-state index in [1.807, 2.05) is 22.6 Å². The van der Waals surface area contributed by atoms with Crippen molar-refractivity contribution in [2.75, 3.05) is 20.8 Å². The van der Waals surface area contributed by atoms with Crippen LogP contribution < -0.4 is 9.47 Å². The highest BCUT2D eigenvalue weighted by atomic mass is 127. The van der Waals surface area contributed by atoms with Crippen LogP contribution in [0.5, 0.6) is 11.5 Å². The highest BCUT2D eigenvalue weighted by Crippen LogP contribution is 2.33. The van der Waals surface area contributed by atoms with E-state index in [1.54, 1.807) is 12.1 Å².